The quantitative estimate of drug-likeness (QED) is 0.662. The van der Waals surface area contributed by atoms with Crippen molar-refractivity contribution in [3.8, 4) is 0 Å². The van der Waals surface area contributed by atoms with Gasteiger partial charge in [-0.05, 0) is 74.6 Å². The Labute approximate surface area is 147 Å². The Morgan fingerprint density at radius 1 is 1.08 bits per heavy atom. The molecule has 4 bridgehead atoms. The Morgan fingerprint density at radius 3 is 2.17 bits per heavy atom. The van der Waals surface area contributed by atoms with Gasteiger partial charge in [0.2, 0.25) is 5.91 Å². The molecule has 0 aliphatic heterocycles. The minimum Gasteiger partial charge on any atom is -0.326 e. The Balaban J connectivity index is 1.52. The molecular weight excluding hydrogens is 383 g/mol. The summed E-state index contributed by atoms with van der Waals surface area (Å²) in [5.41, 5.74) is -0.627. The average Bonchev–Trinajstić information content (AvgIpc) is 2.44. The molecule has 2 nitrogen and oxygen atoms in total. The minimum atomic E-state index is -4.36. The number of carbonyl (C=O) groups is 1. The predicted molar refractivity (Wildman–Crippen MR) is 88.8 cm³/mol. The van der Waals surface area contributed by atoms with Crippen molar-refractivity contribution in [2.45, 2.75) is 49.0 Å². The highest BCUT2D eigenvalue weighted by Crippen LogP contribution is 2.64. The second-order valence-corrected chi connectivity index (χ2v) is 9.60. The van der Waals surface area contributed by atoms with Crippen molar-refractivity contribution < 1.29 is 18.0 Å². The maximum Gasteiger partial charge on any atom is 0.416 e. The third-order valence-electron chi connectivity index (χ3n) is 5.94. The molecule has 6 heteroatoms. The lowest BCUT2D eigenvalue weighted by Gasteiger charge is -2.59. The molecule has 1 aromatic rings. The zero-order chi connectivity index (χ0) is 17.2. The zero-order valence-electron chi connectivity index (χ0n) is 13.1. The normalized spacial score (nSPS) is 37.5. The van der Waals surface area contributed by atoms with Crippen LogP contribution in [0.2, 0.25) is 0 Å². The Bertz CT molecular complexity index is 656. The highest BCUT2D eigenvalue weighted by Gasteiger charge is 2.59. The van der Waals surface area contributed by atoms with Crippen LogP contribution < -0.4 is 5.32 Å². The first-order valence-electron chi connectivity index (χ1n) is 8.35. The van der Waals surface area contributed by atoms with Gasteiger partial charge in [-0.25, -0.2) is 0 Å². The van der Waals surface area contributed by atoms with Gasteiger partial charge in [0.25, 0.3) is 0 Å². The van der Waals surface area contributed by atoms with Gasteiger partial charge in [-0.2, -0.15) is 13.2 Å². The first kappa shape index (κ1) is 16.4. The summed E-state index contributed by atoms with van der Waals surface area (Å²) in [6.45, 7) is 0. The van der Waals surface area contributed by atoms with Crippen LogP contribution in [0.4, 0.5) is 18.9 Å². The molecule has 1 amide bonds. The number of amides is 1. The van der Waals surface area contributed by atoms with Crippen molar-refractivity contribution in [3.63, 3.8) is 0 Å². The van der Waals surface area contributed by atoms with Gasteiger partial charge in [-0.3, -0.25) is 4.79 Å². The minimum absolute atomic E-state index is 0.0276. The van der Waals surface area contributed by atoms with Crippen molar-refractivity contribution in [2.75, 3.05) is 5.32 Å². The summed E-state index contributed by atoms with van der Waals surface area (Å²) in [5, 5.41) is 2.87. The van der Waals surface area contributed by atoms with Crippen molar-refractivity contribution in [1.29, 1.82) is 0 Å². The smallest absolute Gasteiger partial charge is 0.326 e. The van der Waals surface area contributed by atoms with Crippen LogP contribution in [0.1, 0.15) is 44.1 Å². The highest BCUT2D eigenvalue weighted by molar-refractivity contribution is 9.10. The number of alkyl halides is 4. The highest BCUT2D eigenvalue weighted by atomic mass is 79.9. The van der Waals surface area contributed by atoms with Crippen LogP contribution in [0, 0.1) is 17.3 Å². The number of rotatable bonds is 2. The van der Waals surface area contributed by atoms with Gasteiger partial charge in [0.15, 0.2) is 0 Å². The monoisotopic (exact) mass is 401 g/mol. The summed E-state index contributed by atoms with van der Waals surface area (Å²) in [6.07, 6.45) is 1.77. The van der Waals surface area contributed by atoms with Gasteiger partial charge < -0.3 is 5.32 Å². The molecular formula is C18H19BrF3NO. The Morgan fingerprint density at radius 2 is 1.67 bits per heavy atom. The van der Waals surface area contributed by atoms with Crippen molar-refractivity contribution in [3.05, 3.63) is 29.8 Å². The van der Waals surface area contributed by atoms with Crippen LogP contribution in [0.3, 0.4) is 0 Å². The van der Waals surface area contributed by atoms with E-state index in [2.05, 4.69) is 21.2 Å². The summed E-state index contributed by atoms with van der Waals surface area (Å²) in [7, 11) is 0. The lowest BCUT2D eigenvalue weighted by Crippen LogP contribution is -2.57. The molecule has 4 fully saturated rings. The van der Waals surface area contributed by atoms with Crippen LogP contribution in [-0.4, -0.2) is 10.2 Å². The number of nitrogens with one attached hydrogen (secondary N) is 1. The van der Waals surface area contributed by atoms with E-state index in [0.717, 1.165) is 44.2 Å². The molecule has 1 aromatic carbocycles. The van der Waals surface area contributed by atoms with Gasteiger partial charge >= 0.3 is 6.18 Å². The number of hydrogen-bond acceptors (Lipinski definition) is 1. The molecule has 4 saturated carbocycles. The second kappa shape index (κ2) is 5.23. The number of halogens is 4. The zero-order valence-corrected chi connectivity index (χ0v) is 14.7. The summed E-state index contributed by atoms with van der Waals surface area (Å²) >= 11 is 3.87. The topological polar surface area (TPSA) is 29.1 Å². The second-order valence-electron chi connectivity index (χ2n) is 7.92. The molecule has 0 aromatic heterocycles. The first-order valence-corrected chi connectivity index (χ1v) is 9.15. The standard InChI is InChI=1S/C18H19BrF3NO/c19-17-8-11-5-12(9-17)7-16(6-11,10-17)15(24)23-14-3-1-13(2-4-14)18(20,21)22/h1-4,11-12H,5-10H2,(H,23,24)/t11-,12+,16?,17?. The molecule has 24 heavy (non-hydrogen) atoms. The van der Waals surface area contributed by atoms with Crippen LogP contribution in [-0.2, 0) is 11.0 Å². The van der Waals surface area contributed by atoms with Crippen LogP contribution in [0.25, 0.3) is 0 Å². The average molecular weight is 402 g/mol. The summed E-state index contributed by atoms with van der Waals surface area (Å²) in [6, 6.07) is 4.71. The summed E-state index contributed by atoms with van der Waals surface area (Å²) < 4.78 is 38.0. The van der Waals surface area contributed by atoms with Crippen LogP contribution in [0.15, 0.2) is 24.3 Å². The number of hydrogen-bond donors (Lipinski definition) is 1. The third-order valence-corrected chi connectivity index (χ3v) is 6.87. The van der Waals surface area contributed by atoms with Gasteiger partial charge in [0.05, 0.1) is 11.0 Å². The largest absolute Gasteiger partial charge is 0.416 e. The molecule has 2 unspecified atom stereocenters. The third kappa shape index (κ3) is 2.76. The SMILES string of the molecule is O=C(Nc1ccc(C(F)(F)F)cc1)C12C[C@@H]3C[C@@H](CC(Br)(C3)C1)C2. The molecule has 0 spiro atoms. The molecule has 4 atom stereocenters. The fourth-order valence-electron chi connectivity index (χ4n) is 5.42. The maximum atomic E-state index is 12.9. The van der Waals surface area contributed by atoms with Crippen molar-refractivity contribution in [2.24, 2.45) is 17.3 Å². The fourth-order valence-corrected chi connectivity index (χ4v) is 6.88. The van der Waals surface area contributed by atoms with E-state index in [9.17, 15) is 18.0 Å². The lowest BCUT2D eigenvalue weighted by atomic mass is 9.49. The number of anilines is 1. The summed E-state index contributed by atoms with van der Waals surface area (Å²) in [4.78, 5) is 12.9. The molecule has 0 radical (unpaired) electrons. The molecule has 5 rings (SSSR count). The molecule has 0 heterocycles. The van der Waals surface area contributed by atoms with E-state index in [1.807, 2.05) is 0 Å². The molecule has 130 valence electrons. The van der Waals surface area contributed by atoms with E-state index in [1.165, 1.54) is 18.6 Å². The molecule has 4 aliphatic rings. The first-order chi connectivity index (χ1) is 11.2. The number of benzene rings is 1. The number of carbonyl (C=O) groups excluding carboxylic acids is 1. The predicted octanol–water partition coefficient (Wildman–Crippen LogP) is 5.38. The van der Waals surface area contributed by atoms with E-state index >= 15 is 0 Å². The van der Waals surface area contributed by atoms with Gasteiger partial charge in [0.1, 0.15) is 0 Å². The Kier molecular flexibility index (Phi) is 3.58. The molecule has 1 N–H and O–H groups in total. The van der Waals surface area contributed by atoms with E-state index < -0.39 is 11.7 Å². The van der Waals surface area contributed by atoms with Gasteiger partial charge in [-0.1, -0.05) is 15.9 Å². The lowest BCUT2D eigenvalue weighted by molar-refractivity contribution is -0.138. The van der Waals surface area contributed by atoms with E-state index in [-0.39, 0.29) is 15.6 Å². The van der Waals surface area contributed by atoms with Crippen LogP contribution >= 0.6 is 15.9 Å². The van der Waals surface area contributed by atoms with E-state index in [1.54, 1.807) is 0 Å². The molecule has 0 saturated heterocycles. The van der Waals surface area contributed by atoms with Crippen molar-refractivity contribution in [1.82, 2.24) is 0 Å². The van der Waals surface area contributed by atoms with E-state index in [0.29, 0.717) is 17.5 Å². The Hall–Kier alpha value is -1.04. The molecule has 4 aliphatic carbocycles. The fraction of sp³-hybridized carbons (Fsp3) is 0.611. The van der Waals surface area contributed by atoms with Crippen molar-refractivity contribution >= 4 is 27.5 Å². The maximum absolute atomic E-state index is 12.9. The van der Waals surface area contributed by atoms with Gasteiger partial charge in [-0.15, -0.1) is 0 Å². The van der Waals surface area contributed by atoms with Gasteiger partial charge in [0, 0.05) is 10.0 Å². The van der Waals surface area contributed by atoms with Crippen LogP contribution in [0.5, 0.6) is 0 Å². The summed E-state index contributed by atoms with van der Waals surface area (Å²) in [5.74, 6) is 1.15. The van der Waals surface area contributed by atoms with E-state index in [4.69, 9.17) is 0 Å².